The van der Waals surface area contributed by atoms with Gasteiger partial charge in [-0.05, 0) is 34.1 Å². The Bertz CT molecular complexity index is 464. The van der Waals surface area contributed by atoms with E-state index >= 15 is 0 Å². The molecule has 0 saturated heterocycles. The second-order valence-electron chi connectivity index (χ2n) is 3.08. The Hall–Kier alpha value is -0.300. The van der Waals surface area contributed by atoms with Crippen LogP contribution in [0.5, 0.6) is 0 Å². The first-order valence-corrected chi connectivity index (χ1v) is 7.40. The van der Waals surface area contributed by atoms with Gasteiger partial charge in [0.1, 0.15) is 0 Å². The minimum Gasteiger partial charge on any atom is -0.382 e. The summed E-state index contributed by atoms with van der Waals surface area (Å²) < 4.78 is 26.8. The molecule has 0 spiro atoms. The molecule has 1 aromatic rings. The average Bonchev–Trinajstić information content (AvgIpc) is 2.16. The van der Waals surface area contributed by atoms with Crippen molar-refractivity contribution in [3.8, 4) is 0 Å². The third-order valence-electron chi connectivity index (χ3n) is 1.64. The highest BCUT2D eigenvalue weighted by Crippen LogP contribution is 2.25. The van der Waals surface area contributed by atoms with E-state index in [4.69, 9.17) is 11.6 Å². The maximum atomic E-state index is 10.7. The summed E-state index contributed by atoms with van der Waals surface area (Å²) in [4.78, 5) is 0. The average molecular weight is 329 g/mol. The molecule has 7 heteroatoms. The first-order chi connectivity index (χ1) is 7.38. The molecule has 1 N–H and O–H groups in total. The quantitative estimate of drug-likeness (QED) is 0.666. The maximum Gasteiger partial charge on any atom is 0.264 e. The summed E-state index contributed by atoms with van der Waals surface area (Å²) in [6.45, 7) is 0.462. The van der Waals surface area contributed by atoms with Crippen LogP contribution in [-0.2, 0) is 14.3 Å². The summed E-state index contributed by atoms with van der Waals surface area (Å²) in [5.41, 5.74) is 0.796. The van der Waals surface area contributed by atoms with E-state index in [1.165, 1.54) is 0 Å². The SMILES string of the molecule is CS(=O)(=O)OCCNc1cc(Cl)ccc1Br. The smallest absolute Gasteiger partial charge is 0.264 e. The number of halogens is 2. The zero-order valence-corrected chi connectivity index (χ0v) is 11.7. The predicted molar refractivity (Wildman–Crippen MR) is 68.4 cm³/mol. The molecule has 0 aromatic heterocycles. The Morgan fingerprint density at radius 2 is 2.19 bits per heavy atom. The molecule has 0 bridgehead atoms. The molecule has 1 rings (SSSR count). The van der Waals surface area contributed by atoms with Gasteiger partial charge in [-0.1, -0.05) is 11.6 Å². The molecule has 0 saturated carbocycles. The van der Waals surface area contributed by atoms with E-state index in [0.717, 1.165) is 16.4 Å². The minimum atomic E-state index is -3.37. The van der Waals surface area contributed by atoms with Gasteiger partial charge in [-0.3, -0.25) is 4.18 Å². The van der Waals surface area contributed by atoms with Gasteiger partial charge in [0.05, 0.1) is 12.9 Å². The number of rotatable bonds is 5. The van der Waals surface area contributed by atoms with Crippen molar-refractivity contribution in [1.29, 1.82) is 0 Å². The second kappa shape index (κ2) is 5.86. The number of anilines is 1. The summed E-state index contributed by atoms with van der Waals surface area (Å²) in [5, 5.41) is 3.61. The van der Waals surface area contributed by atoms with Gasteiger partial charge in [0, 0.05) is 21.7 Å². The molecule has 0 fully saturated rings. The molecule has 0 aliphatic heterocycles. The minimum absolute atomic E-state index is 0.0811. The summed E-state index contributed by atoms with van der Waals surface area (Å²) in [7, 11) is -3.37. The van der Waals surface area contributed by atoms with Gasteiger partial charge in [-0.25, -0.2) is 0 Å². The fourth-order valence-corrected chi connectivity index (χ4v) is 1.96. The molecule has 0 amide bonds. The lowest BCUT2D eigenvalue weighted by Crippen LogP contribution is -2.13. The normalized spacial score (nSPS) is 11.4. The molecule has 0 atom stereocenters. The fraction of sp³-hybridized carbons (Fsp3) is 0.333. The highest BCUT2D eigenvalue weighted by Gasteiger charge is 2.02. The Kier molecular flexibility index (Phi) is 5.04. The maximum absolute atomic E-state index is 10.7. The van der Waals surface area contributed by atoms with E-state index in [9.17, 15) is 8.42 Å². The van der Waals surface area contributed by atoms with Gasteiger partial charge < -0.3 is 5.32 Å². The van der Waals surface area contributed by atoms with Crippen LogP contribution >= 0.6 is 27.5 Å². The van der Waals surface area contributed by atoms with E-state index in [1.54, 1.807) is 12.1 Å². The van der Waals surface area contributed by atoms with Crippen LogP contribution in [0.4, 0.5) is 5.69 Å². The van der Waals surface area contributed by atoms with Gasteiger partial charge in [0.15, 0.2) is 0 Å². The lowest BCUT2D eigenvalue weighted by Gasteiger charge is -2.08. The summed E-state index contributed by atoms with van der Waals surface area (Å²) in [5.74, 6) is 0. The topological polar surface area (TPSA) is 55.4 Å². The van der Waals surface area contributed by atoms with Crippen LogP contribution in [0.15, 0.2) is 22.7 Å². The van der Waals surface area contributed by atoms with E-state index in [2.05, 4.69) is 25.4 Å². The zero-order valence-electron chi connectivity index (χ0n) is 8.54. The van der Waals surface area contributed by atoms with Gasteiger partial charge >= 0.3 is 0 Å². The van der Waals surface area contributed by atoms with Crippen molar-refractivity contribution in [3.63, 3.8) is 0 Å². The molecule has 1 aromatic carbocycles. The van der Waals surface area contributed by atoms with Crippen LogP contribution in [0.1, 0.15) is 0 Å². The molecular weight excluding hydrogens is 318 g/mol. The van der Waals surface area contributed by atoms with Crippen molar-refractivity contribution in [1.82, 2.24) is 0 Å². The molecular formula is C9H11BrClNO3S. The summed E-state index contributed by atoms with van der Waals surface area (Å²) in [6.07, 6.45) is 1.02. The lowest BCUT2D eigenvalue weighted by molar-refractivity contribution is 0.335. The lowest BCUT2D eigenvalue weighted by atomic mass is 10.3. The fourth-order valence-electron chi connectivity index (χ4n) is 1.01. The molecule has 4 nitrogen and oxygen atoms in total. The number of nitrogens with one attached hydrogen (secondary N) is 1. The van der Waals surface area contributed by atoms with E-state index in [-0.39, 0.29) is 6.61 Å². The Balaban J connectivity index is 2.46. The third kappa shape index (κ3) is 5.16. The van der Waals surface area contributed by atoms with E-state index < -0.39 is 10.1 Å². The molecule has 0 unspecified atom stereocenters. The van der Waals surface area contributed by atoms with Crippen molar-refractivity contribution < 1.29 is 12.6 Å². The van der Waals surface area contributed by atoms with Crippen LogP contribution in [0, 0.1) is 0 Å². The van der Waals surface area contributed by atoms with Crippen LogP contribution in [0.25, 0.3) is 0 Å². The Morgan fingerprint density at radius 1 is 1.50 bits per heavy atom. The van der Waals surface area contributed by atoms with Gasteiger partial charge in [0.25, 0.3) is 10.1 Å². The van der Waals surface area contributed by atoms with Crippen LogP contribution in [-0.4, -0.2) is 27.8 Å². The van der Waals surface area contributed by atoms with Crippen molar-refractivity contribution in [3.05, 3.63) is 27.7 Å². The Labute approximate surface area is 108 Å². The van der Waals surface area contributed by atoms with Crippen LogP contribution in [0.2, 0.25) is 5.02 Å². The largest absolute Gasteiger partial charge is 0.382 e. The summed E-state index contributed by atoms with van der Waals surface area (Å²) >= 11 is 9.16. The highest BCUT2D eigenvalue weighted by molar-refractivity contribution is 9.10. The Morgan fingerprint density at radius 3 is 2.81 bits per heavy atom. The van der Waals surface area contributed by atoms with Crippen molar-refractivity contribution in [2.45, 2.75) is 0 Å². The monoisotopic (exact) mass is 327 g/mol. The molecule has 0 heterocycles. The van der Waals surface area contributed by atoms with E-state index in [1.807, 2.05) is 6.07 Å². The summed E-state index contributed by atoms with van der Waals surface area (Å²) in [6, 6.07) is 5.30. The van der Waals surface area contributed by atoms with Gasteiger partial charge in [-0.15, -0.1) is 0 Å². The highest BCUT2D eigenvalue weighted by atomic mass is 79.9. The van der Waals surface area contributed by atoms with Crippen molar-refractivity contribution >= 4 is 43.3 Å². The zero-order chi connectivity index (χ0) is 12.2. The first-order valence-electron chi connectivity index (χ1n) is 4.42. The second-order valence-corrected chi connectivity index (χ2v) is 6.01. The van der Waals surface area contributed by atoms with Crippen LogP contribution < -0.4 is 5.32 Å². The molecule has 16 heavy (non-hydrogen) atoms. The molecule has 0 aliphatic carbocycles. The molecule has 90 valence electrons. The van der Waals surface area contributed by atoms with Gasteiger partial charge in [0.2, 0.25) is 0 Å². The number of hydrogen-bond acceptors (Lipinski definition) is 4. The standard InChI is InChI=1S/C9H11BrClNO3S/c1-16(13,14)15-5-4-12-9-6-7(11)2-3-8(9)10/h2-3,6,12H,4-5H2,1H3. The molecule has 0 radical (unpaired) electrons. The first kappa shape index (κ1) is 13.8. The van der Waals surface area contributed by atoms with E-state index in [0.29, 0.717) is 11.6 Å². The number of benzene rings is 1. The van der Waals surface area contributed by atoms with Crippen molar-refractivity contribution in [2.24, 2.45) is 0 Å². The van der Waals surface area contributed by atoms with Crippen molar-refractivity contribution in [2.75, 3.05) is 24.7 Å². The third-order valence-corrected chi connectivity index (χ3v) is 3.16. The predicted octanol–water partition coefficient (Wildman–Crippen LogP) is 2.49. The van der Waals surface area contributed by atoms with Crippen LogP contribution in [0.3, 0.4) is 0 Å². The molecule has 0 aliphatic rings. The number of hydrogen-bond donors (Lipinski definition) is 1. The van der Waals surface area contributed by atoms with Gasteiger partial charge in [-0.2, -0.15) is 8.42 Å².